The molecule has 174 valence electrons. The fourth-order valence-corrected chi connectivity index (χ4v) is 2.38. The Balaban J connectivity index is 3.97. The second-order valence-electron chi connectivity index (χ2n) is 5.51. The third-order valence-electron chi connectivity index (χ3n) is 3.43. The third-order valence-corrected chi connectivity index (χ3v) is 4.26. The van der Waals surface area contributed by atoms with Crippen molar-refractivity contribution < 1.29 is 74.4 Å². The topological polar surface area (TPSA) is 54.4 Å². The van der Waals surface area contributed by atoms with Crippen LogP contribution in [0.25, 0.3) is 0 Å². The van der Waals surface area contributed by atoms with Gasteiger partial charge in [-0.1, -0.05) is 0 Å². The summed E-state index contributed by atoms with van der Waals surface area (Å²) in [6.45, 7) is 0. The molecule has 0 aromatic heterocycles. The zero-order valence-corrected chi connectivity index (χ0v) is 14.0. The smallest absolute Gasteiger partial charge is 0.282 e. The van der Waals surface area contributed by atoms with Crippen molar-refractivity contribution in [2.24, 2.45) is 0 Å². The van der Waals surface area contributed by atoms with Gasteiger partial charge in [0.1, 0.15) is 0 Å². The molecule has 0 bridgehead atoms. The molecule has 0 fully saturated rings. The summed E-state index contributed by atoms with van der Waals surface area (Å²) in [5, 5.41) is 0. The van der Waals surface area contributed by atoms with E-state index >= 15 is 0 Å². The maximum atomic E-state index is 13.7. The Bertz CT molecular complexity index is 857. The van der Waals surface area contributed by atoms with E-state index in [1.165, 1.54) is 0 Å². The Kier molecular flexibility index (Phi) is 5.96. The van der Waals surface area contributed by atoms with Crippen LogP contribution < -0.4 is 0 Å². The second-order valence-corrected chi connectivity index (χ2v) is 6.94. The van der Waals surface area contributed by atoms with Crippen LogP contribution in [-0.2, 0) is 22.0 Å². The fourth-order valence-electron chi connectivity index (χ4n) is 1.83. The molecule has 0 saturated carbocycles. The molecule has 1 N–H and O–H groups in total. The van der Waals surface area contributed by atoms with Gasteiger partial charge in [0.25, 0.3) is 10.1 Å². The van der Waals surface area contributed by atoms with Crippen LogP contribution in [0, 0.1) is 0 Å². The van der Waals surface area contributed by atoms with Crippen LogP contribution in [0.5, 0.6) is 0 Å². The predicted octanol–water partition coefficient (Wildman–Crippen LogP) is 5.51. The molecule has 30 heavy (non-hydrogen) atoms. The quantitative estimate of drug-likeness (QED) is 0.434. The van der Waals surface area contributed by atoms with Crippen molar-refractivity contribution in [1.29, 1.82) is 0 Å². The second kappa shape index (κ2) is 6.83. The highest BCUT2D eigenvalue weighted by Gasteiger charge is 2.75. The summed E-state index contributed by atoms with van der Waals surface area (Å²) in [5.74, 6) is -27.6. The normalized spacial score (nSPS) is 15.4. The highest BCUT2D eigenvalue weighted by molar-refractivity contribution is 7.85. The summed E-state index contributed by atoms with van der Waals surface area (Å²) < 4.78 is 211. The summed E-state index contributed by atoms with van der Waals surface area (Å²) in [6, 6.07) is -3.16. The summed E-state index contributed by atoms with van der Waals surface area (Å²) in [4.78, 5) is -2.38. The molecule has 0 aliphatic carbocycles. The molecule has 1 aromatic carbocycles. The monoisotopic (exact) mass is 494 g/mol. The van der Waals surface area contributed by atoms with Gasteiger partial charge in [0.2, 0.25) is 0 Å². The zero-order valence-electron chi connectivity index (χ0n) is 13.2. The van der Waals surface area contributed by atoms with Crippen molar-refractivity contribution in [3.05, 3.63) is 29.3 Å². The molecule has 0 saturated heterocycles. The Morgan fingerprint density at radius 3 is 1.03 bits per heavy atom. The molecule has 0 aliphatic heterocycles. The third kappa shape index (κ3) is 4.02. The van der Waals surface area contributed by atoms with Crippen molar-refractivity contribution in [3.8, 4) is 0 Å². The van der Waals surface area contributed by atoms with Gasteiger partial charge in [-0.15, -0.1) is 0 Å². The highest BCUT2D eigenvalue weighted by atomic mass is 32.2. The lowest BCUT2D eigenvalue weighted by Crippen LogP contribution is -2.51. The molecule has 0 aliphatic rings. The first-order valence-electron chi connectivity index (χ1n) is 6.60. The molecule has 0 unspecified atom stereocenters. The average Bonchev–Trinajstić information content (AvgIpc) is 2.51. The first kappa shape index (κ1) is 26.2. The number of hydrogen-bond acceptors (Lipinski definition) is 2. The maximum Gasteiger partial charge on any atom is 0.460 e. The lowest BCUT2D eigenvalue weighted by molar-refractivity contribution is -0.361. The van der Waals surface area contributed by atoms with Crippen LogP contribution in [-0.4, -0.2) is 37.2 Å². The van der Waals surface area contributed by atoms with Gasteiger partial charge in [-0.2, -0.15) is 69.9 Å². The minimum atomic E-state index is -7.13. The largest absolute Gasteiger partial charge is 0.460 e. The van der Waals surface area contributed by atoms with Gasteiger partial charge in [-0.05, 0) is 18.2 Å². The predicted molar refractivity (Wildman–Crippen MR) is 66.0 cm³/mol. The summed E-state index contributed by atoms with van der Waals surface area (Å²) in [7, 11) is -6.05. The molecule has 0 atom stereocenters. The fraction of sp³-hybridized carbons (Fsp3) is 0.500. The van der Waals surface area contributed by atoms with Gasteiger partial charge in [0, 0.05) is 11.1 Å². The molecule has 3 nitrogen and oxygen atoms in total. The van der Waals surface area contributed by atoms with Gasteiger partial charge in [0.05, 0.1) is 4.90 Å². The van der Waals surface area contributed by atoms with Crippen molar-refractivity contribution in [3.63, 3.8) is 0 Å². The number of benzene rings is 1. The minimum Gasteiger partial charge on any atom is -0.282 e. The summed E-state index contributed by atoms with van der Waals surface area (Å²) >= 11 is 0. The van der Waals surface area contributed by atoms with Gasteiger partial charge in [-0.25, -0.2) is 0 Å². The van der Waals surface area contributed by atoms with Gasteiger partial charge in [0.15, 0.2) is 0 Å². The molecule has 18 heteroatoms. The van der Waals surface area contributed by atoms with E-state index in [4.69, 9.17) is 4.55 Å². The van der Waals surface area contributed by atoms with E-state index in [0.717, 1.165) is 0 Å². The Morgan fingerprint density at radius 2 is 0.833 bits per heavy atom. The van der Waals surface area contributed by atoms with E-state index in [9.17, 15) is 69.9 Å². The van der Waals surface area contributed by atoms with Crippen LogP contribution in [0.2, 0.25) is 0 Å². The van der Waals surface area contributed by atoms with Gasteiger partial charge >= 0.3 is 36.0 Å². The van der Waals surface area contributed by atoms with Crippen LogP contribution in [0.15, 0.2) is 23.1 Å². The number of hydrogen-bond donors (Lipinski definition) is 1. The molecular weight excluding hydrogens is 490 g/mol. The van der Waals surface area contributed by atoms with Crippen LogP contribution in [0.4, 0.5) is 61.5 Å². The molecule has 1 aromatic rings. The first-order valence-corrected chi connectivity index (χ1v) is 8.04. The molecule has 0 radical (unpaired) electrons. The zero-order chi connectivity index (χ0) is 24.4. The standard InChI is InChI=1S/C12H4F14O3S/c13-7(14,9(17,18)11(21,22)23)4-1-5(3-6(2-4)30(27,28)29)8(15,16)10(19,20)12(24,25)26/h1-3H,(H,27,28,29). The Hall–Kier alpha value is -1.85. The van der Waals surface area contributed by atoms with Gasteiger partial charge < -0.3 is 0 Å². The van der Waals surface area contributed by atoms with Gasteiger partial charge in [-0.3, -0.25) is 4.55 Å². The van der Waals surface area contributed by atoms with E-state index in [0.29, 0.717) is 0 Å². The van der Waals surface area contributed by atoms with E-state index in [-0.39, 0.29) is 0 Å². The van der Waals surface area contributed by atoms with Crippen molar-refractivity contribution in [2.75, 3.05) is 0 Å². The highest BCUT2D eigenvalue weighted by Crippen LogP contribution is 2.55. The summed E-state index contributed by atoms with van der Waals surface area (Å²) in [6.07, 6.45) is -14.2. The van der Waals surface area contributed by atoms with Crippen molar-refractivity contribution >= 4 is 10.1 Å². The molecule has 0 amide bonds. The SMILES string of the molecule is O=S(=O)(O)c1cc(C(F)(F)C(F)(F)C(F)(F)F)cc(C(F)(F)C(F)(F)C(F)(F)F)c1. The Labute approximate surface area is 156 Å². The first-order chi connectivity index (χ1) is 12.8. The summed E-state index contributed by atoms with van der Waals surface area (Å²) in [5.41, 5.74) is -6.10. The molecule has 1 rings (SSSR count). The number of halogens is 14. The van der Waals surface area contributed by atoms with E-state index < -0.39 is 80.4 Å². The number of rotatable bonds is 5. The lowest BCUT2D eigenvalue weighted by atomic mass is 9.95. The van der Waals surface area contributed by atoms with E-state index in [2.05, 4.69) is 0 Å². The molecule has 0 spiro atoms. The van der Waals surface area contributed by atoms with Crippen LogP contribution >= 0.6 is 0 Å². The van der Waals surface area contributed by atoms with Crippen LogP contribution in [0.1, 0.15) is 11.1 Å². The number of alkyl halides is 14. The van der Waals surface area contributed by atoms with Crippen molar-refractivity contribution in [2.45, 2.75) is 40.9 Å². The van der Waals surface area contributed by atoms with E-state index in [1.807, 2.05) is 0 Å². The minimum absolute atomic E-state index is 0.930. The van der Waals surface area contributed by atoms with Crippen LogP contribution in [0.3, 0.4) is 0 Å². The average molecular weight is 494 g/mol. The molecule has 0 heterocycles. The van der Waals surface area contributed by atoms with Crippen molar-refractivity contribution in [1.82, 2.24) is 0 Å². The molecular formula is C12H4F14O3S. The maximum absolute atomic E-state index is 13.7. The lowest BCUT2D eigenvalue weighted by Gasteiger charge is -2.31. The van der Waals surface area contributed by atoms with E-state index in [1.54, 1.807) is 0 Å². The Morgan fingerprint density at radius 1 is 0.567 bits per heavy atom.